The lowest BCUT2D eigenvalue weighted by Gasteiger charge is -2.26. The van der Waals surface area contributed by atoms with Crippen LogP contribution in [-0.2, 0) is 14.8 Å². The van der Waals surface area contributed by atoms with Gasteiger partial charge in [0.05, 0.1) is 4.90 Å². The summed E-state index contributed by atoms with van der Waals surface area (Å²) in [6.07, 6.45) is 2.99. The fourth-order valence-electron chi connectivity index (χ4n) is 4.42. The molecule has 3 atom stereocenters. The molecular weight excluding hydrogens is 364 g/mol. The molecule has 1 aliphatic heterocycles. The van der Waals surface area contributed by atoms with Crippen LogP contribution in [-0.4, -0.2) is 35.9 Å². The molecule has 0 radical (unpaired) electrons. The Hall–Kier alpha value is -2.38. The average Bonchev–Trinajstić information content (AvgIpc) is 3.23. The Labute approximate surface area is 158 Å². The van der Waals surface area contributed by atoms with Gasteiger partial charge in [-0.2, -0.15) is 4.31 Å². The van der Waals surface area contributed by atoms with E-state index >= 15 is 0 Å². The first-order chi connectivity index (χ1) is 12.9. The average molecular weight is 386 g/mol. The van der Waals surface area contributed by atoms with Crippen molar-refractivity contribution in [3.8, 4) is 11.1 Å². The fourth-order valence-corrected chi connectivity index (χ4v) is 6.29. The molecule has 0 amide bonds. The maximum absolute atomic E-state index is 13.2. The van der Waals surface area contributed by atoms with Crippen molar-refractivity contribution in [3.05, 3.63) is 48.5 Å². The number of fused-ring (bicyclic) bond motifs is 1. The lowest BCUT2D eigenvalue weighted by molar-refractivity contribution is -0.141. The van der Waals surface area contributed by atoms with Crippen LogP contribution in [0, 0.1) is 5.92 Å². The molecule has 1 saturated heterocycles. The Bertz CT molecular complexity index is 954. The standard InChI is InChI=1S/C20H22N2O4S/c21-16-8-4-13(5-9-16)14-6-10-17(11-7-14)27(25,26)22-18-3-1-2-15(18)12-19(22)20(23)24/h4-11,15,18-19H,1-3,12,21H2,(H,23,24)/t15?,18-,19-/m1/s1. The topological polar surface area (TPSA) is 101 Å². The van der Waals surface area contributed by atoms with Gasteiger partial charge in [0.1, 0.15) is 6.04 Å². The number of hydrogen-bond acceptors (Lipinski definition) is 4. The number of nitrogen functional groups attached to an aromatic ring is 1. The van der Waals surface area contributed by atoms with Crippen molar-refractivity contribution >= 4 is 21.7 Å². The molecule has 2 aromatic rings. The Balaban J connectivity index is 1.67. The van der Waals surface area contributed by atoms with Crippen molar-refractivity contribution in [1.29, 1.82) is 0 Å². The summed E-state index contributed by atoms with van der Waals surface area (Å²) in [4.78, 5) is 11.8. The molecule has 6 nitrogen and oxygen atoms in total. The van der Waals surface area contributed by atoms with Gasteiger partial charge >= 0.3 is 5.97 Å². The number of sulfonamides is 1. The van der Waals surface area contributed by atoms with Crippen LogP contribution in [0.5, 0.6) is 0 Å². The summed E-state index contributed by atoms with van der Waals surface area (Å²) in [6.45, 7) is 0. The molecule has 1 heterocycles. The van der Waals surface area contributed by atoms with Crippen LogP contribution in [0.2, 0.25) is 0 Å². The first-order valence-electron chi connectivity index (χ1n) is 9.10. The molecule has 2 aliphatic rings. The number of carbonyl (C=O) groups is 1. The van der Waals surface area contributed by atoms with E-state index in [1.165, 1.54) is 4.31 Å². The molecule has 2 aromatic carbocycles. The van der Waals surface area contributed by atoms with E-state index in [0.717, 1.165) is 30.4 Å². The molecule has 0 bridgehead atoms. The van der Waals surface area contributed by atoms with Crippen LogP contribution in [0.15, 0.2) is 53.4 Å². The third-order valence-corrected chi connectivity index (χ3v) is 7.69. The van der Waals surface area contributed by atoms with Gasteiger partial charge in [0, 0.05) is 11.7 Å². The number of nitrogens with two attached hydrogens (primary N) is 1. The Morgan fingerprint density at radius 3 is 2.19 bits per heavy atom. The molecule has 0 aromatic heterocycles. The van der Waals surface area contributed by atoms with E-state index in [1.807, 2.05) is 12.1 Å². The largest absolute Gasteiger partial charge is 0.480 e. The van der Waals surface area contributed by atoms with E-state index in [0.29, 0.717) is 12.1 Å². The zero-order valence-corrected chi connectivity index (χ0v) is 15.6. The number of carboxylic acids is 1. The minimum Gasteiger partial charge on any atom is -0.480 e. The lowest BCUT2D eigenvalue weighted by Crippen LogP contribution is -2.44. The van der Waals surface area contributed by atoms with Crippen LogP contribution in [0.4, 0.5) is 5.69 Å². The summed E-state index contributed by atoms with van der Waals surface area (Å²) in [5.74, 6) is -0.915. The minimum absolute atomic E-state index is 0.139. The predicted octanol–water partition coefficient (Wildman–Crippen LogP) is 2.95. The molecule has 1 unspecified atom stereocenters. The summed E-state index contributed by atoms with van der Waals surface area (Å²) in [6, 6.07) is 12.8. The summed E-state index contributed by atoms with van der Waals surface area (Å²) in [5.41, 5.74) is 8.18. The molecule has 4 rings (SSSR count). The zero-order chi connectivity index (χ0) is 19.2. The number of nitrogens with zero attached hydrogens (tertiary/aromatic N) is 1. The van der Waals surface area contributed by atoms with E-state index in [2.05, 4.69) is 0 Å². The minimum atomic E-state index is -3.86. The van der Waals surface area contributed by atoms with Crippen molar-refractivity contribution < 1.29 is 18.3 Å². The number of rotatable bonds is 4. The maximum atomic E-state index is 13.2. The highest BCUT2D eigenvalue weighted by atomic mass is 32.2. The molecule has 1 aliphatic carbocycles. The van der Waals surface area contributed by atoms with Gasteiger partial charge in [-0.25, -0.2) is 8.42 Å². The number of benzene rings is 2. The number of anilines is 1. The van der Waals surface area contributed by atoms with Crippen molar-refractivity contribution in [2.75, 3.05) is 5.73 Å². The molecule has 3 N–H and O–H groups in total. The predicted molar refractivity (Wildman–Crippen MR) is 102 cm³/mol. The molecule has 0 spiro atoms. The molecule has 7 heteroatoms. The second kappa shape index (κ2) is 6.65. The van der Waals surface area contributed by atoms with Crippen molar-refractivity contribution in [2.45, 2.75) is 42.7 Å². The van der Waals surface area contributed by atoms with Gasteiger partial charge in [0.25, 0.3) is 0 Å². The van der Waals surface area contributed by atoms with Gasteiger partial charge in [-0.3, -0.25) is 4.79 Å². The van der Waals surface area contributed by atoms with Gasteiger partial charge < -0.3 is 10.8 Å². The molecule has 27 heavy (non-hydrogen) atoms. The number of aliphatic carboxylic acids is 1. The van der Waals surface area contributed by atoms with Gasteiger partial charge in [-0.05, 0) is 60.6 Å². The SMILES string of the molecule is Nc1ccc(-c2ccc(S(=O)(=O)N3[C@@H](C(=O)O)CC4CCC[C@H]43)cc2)cc1. The maximum Gasteiger partial charge on any atom is 0.322 e. The molecule has 142 valence electrons. The quantitative estimate of drug-likeness (QED) is 0.787. The second-order valence-electron chi connectivity index (χ2n) is 7.33. The second-order valence-corrected chi connectivity index (χ2v) is 9.17. The van der Waals surface area contributed by atoms with Gasteiger partial charge in [0.2, 0.25) is 10.0 Å². The lowest BCUT2D eigenvalue weighted by atomic mass is 10.0. The highest BCUT2D eigenvalue weighted by Crippen LogP contribution is 2.44. The van der Waals surface area contributed by atoms with E-state index in [1.54, 1.807) is 36.4 Å². The molecule has 1 saturated carbocycles. The summed E-state index contributed by atoms with van der Waals surface area (Å²) < 4.78 is 27.7. The zero-order valence-electron chi connectivity index (χ0n) is 14.8. The number of carboxylic acid groups (broad SMARTS) is 1. The van der Waals surface area contributed by atoms with E-state index in [4.69, 9.17) is 5.73 Å². The summed E-state index contributed by atoms with van der Waals surface area (Å²) in [7, 11) is -3.86. The summed E-state index contributed by atoms with van der Waals surface area (Å²) >= 11 is 0. The highest BCUT2D eigenvalue weighted by molar-refractivity contribution is 7.89. The highest BCUT2D eigenvalue weighted by Gasteiger charge is 2.52. The van der Waals surface area contributed by atoms with Crippen LogP contribution in [0.3, 0.4) is 0 Å². The van der Waals surface area contributed by atoms with Crippen LogP contribution < -0.4 is 5.73 Å². The van der Waals surface area contributed by atoms with Crippen LogP contribution in [0.25, 0.3) is 11.1 Å². The van der Waals surface area contributed by atoms with E-state index in [9.17, 15) is 18.3 Å². The Kier molecular flexibility index (Phi) is 4.44. The Morgan fingerprint density at radius 2 is 1.59 bits per heavy atom. The fraction of sp³-hybridized carbons (Fsp3) is 0.350. The van der Waals surface area contributed by atoms with Gasteiger partial charge in [0.15, 0.2) is 0 Å². The smallest absolute Gasteiger partial charge is 0.322 e. The van der Waals surface area contributed by atoms with Crippen LogP contribution in [0.1, 0.15) is 25.7 Å². The van der Waals surface area contributed by atoms with Crippen LogP contribution >= 0.6 is 0 Å². The third kappa shape index (κ3) is 3.11. The van der Waals surface area contributed by atoms with Crippen molar-refractivity contribution in [3.63, 3.8) is 0 Å². The third-order valence-electron chi connectivity index (χ3n) is 5.74. The van der Waals surface area contributed by atoms with Gasteiger partial charge in [-0.1, -0.05) is 30.7 Å². The van der Waals surface area contributed by atoms with E-state index in [-0.39, 0.29) is 16.9 Å². The van der Waals surface area contributed by atoms with Crippen molar-refractivity contribution in [2.24, 2.45) is 5.92 Å². The Morgan fingerprint density at radius 1 is 1.00 bits per heavy atom. The first kappa shape index (κ1) is 18.0. The monoisotopic (exact) mass is 386 g/mol. The molecular formula is C20H22N2O4S. The van der Waals surface area contributed by atoms with E-state index < -0.39 is 22.0 Å². The van der Waals surface area contributed by atoms with Gasteiger partial charge in [-0.15, -0.1) is 0 Å². The summed E-state index contributed by atoms with van der Waals surface area (Å²) in [5, 5.41) is 9.55. The first-order valence-corrected chi connectivity index (χ1v) is 10.5. The molecule has 2 fully saturated rings. The normalized spacial score (nSPS) is 25.4. The number of hydrogen-bond donors (Lipinski definition) is 2. The van der Waals surface area contributed by atoms with Crippen molar-refractivity contribution in [1.82, 2.24) is 4.31 Å².